The van der Waals surface area contributed by atoms with E-state index in [1.807, 2.05) is 98.0 Å². The van der Waals surface area contributed by atoms with Gasteiger partial charge in [0.05, 0.1) is 19.3 Å². The van der Waals surface area contributed by atoms with E-state index in [0.717, 1.165) is 46.9 Å². The van der Waals surface area contributed by atoms with E-state index in [1.165, 1.54) is 0 Å². The van der Waals surface area contributed by atoms with Crippen LogP contribution in [0.2, 0.25) is 0 Å². The fraction of sp³-hybridized carbons (Fsp3) is 0.415. The molecular weight excluding hydrogens is 662 g/mol. The Hall–Kier alpha value is -4.36. The minimum absolute atomic E-state index is 0.0280. The van der Waals surface area contributed by atoms with E-state index in [4.69, 9.17) is 23.7 Å². The molecule has 1 fully saturated rings. The second-order valence-electron chi connectivity index (χ2n) is 13.3. The molecule has 2 aromatic heterocycles. The first-order valence-electron chi connectivity index (χ1n) is 18.1. The average molecular weight is 712 g/mol. The standard InChI is InChI=1S/C41H49N3O8/c1-27-23-43-40(44-27)41(47)52-39-36(51-28(2)32-24-42-33-20-12-11-19-31(32)33)34(46)35(48-22-14-4-3-13-21-45)37(49-25-29-15-7-5-8-16-29)38(39)50-26-30-17-9-6-10-18-30/h5-12,15-20,23-24,28,34-39,42,45-46H,3-4,13-14,21-22,25-26H2,1-2H3,(H,43,44). The van der Waals surface area contributed by atoms with Gasteiger partial charge in [-0.3, -0.25) is 0 Å². The fourth-order valence-corrected chi connectivity index (χ4v) is 6.76. The van der Waals surface area contributed by atoms with E-state index in [-0.39, 0.29) is 25.6 Å². The van der Waals surface area contributed by atoms with Crippen LogP contribution in [0.25, 0.3) is 10.9 Å². The number of unbranched alkanes of at least 4 members (excludes halogenated alkanes) is 3. The van der Waals surface area contributed by atoms with Crippen molar-refractivity contribution in [1.29, 1.82) is 0 Å². The molecule has 1 aliphatic carbocycles. The number of aliphatic hydroxyl groups is 2. The number of fused-ring (bicyclic) bond motifs is 1. The number of para-hydroxylation sites is 1. The summed E-state index contributed by atoms with van der Waals surface area (Å²) < 4.78 is 32.9. The van der Waals surface area contributed by atoms with Crippen molar-refractivity contribution in [3.8, 4) is 0 Å². The molecule has 52 heavy (non-hydrogen) atoms. The Morgan fingerprint density at radius 1 is 0.788 bits per heavy atom. The van der Waals surface area contributed by atoms with Gasteiger partial charge in [-0.1, -0.05) is 91.7 Å². The van der Waals surface area contributed by atoms with Crippen molar-refractivity contribution in [2.24, 2.45) is 0 Å². The van der Waals surface area contributed by atoms with Crippen LogP contribution in [0.15, 0.2) is 97.3 Å². The van der Waals surface area contributed by atoms with E-state index >= 15 is 0 Å². The van der Waals surface area contributed by atoms with E-state index in [2.05, 4.69) is 15.0 Å². The Balaban J connectivity index is 1.37. The number of hydrogen-bond acceptors (Lipinski definition) is 9. The Labute approximate surface area is 304 Å². The van der Waals surface area contributed by atoms with Gasteiger partial charge in [0.25, 0.3) is 0 Å². The highest BCUT2D eigenvalue weighted by Crippen LogP contribution is 2.37. The Morgan fingerprint density at radius 2 is 1.42 bits per heavy atom. The third kappa shape index (κ3) is 9.35. The number of imidazole rings is 1. The zero-order valence-electron chi connectivity index (χ0n) is 29.7. The minimum atomic E-state index is -1.28. The van der Waals surface area contributed by atoms with Crippen molar-refractivity contribution < 1.29 is 38.7 Å². The molecule has 0 saturated heterocycles. The number of carbonyl (C=O) groups is 1. The molecule has 1 aliphatic rings. The minimum Gasteiger partial charge on any atom is -0.451 e. The summed E-state index contributed by atoms with van der Waals surface area (Å²) in [6.07, 6.45) is -0.106. The maximum atomic E-state index is 13.7. The predicted molar refractivity (Wildman–Crippen MR) is 195 cm³/mol. The zero-order valence-corrected chi connectivity index (χ0v) is 29.7. The molecule has 1 saturated carbocycles. The highest BCUT2D eigenvalue weighted by molar-refractivity contribution is 5.85. The van der Waals surface area contributed by atoms with E-state index in [0.29, 0.717) is 18.7 Å². The van der Waals surface area contributed by atoms with Gasteiger partial charge in [-0.25, -0.2) is 9.78 Å². The first kappa shape index (κ1) is 37.4. The maximum absolute atomic E-state index is 13.7. The lowest BCUT2D eigenvalue weighted by atomic mass is 9.83. The van der Waals surface area contributed by atoms with Gasteiger partial charge in [-0.15, -0.1) is 0 Å². The number of benzene rings is 3. The fourth-order valence-electron chi connectivity index (χ4n) is 6.76. The third-order valence-corrected chi connectivity index (χ3v) is 9.46. The molecule has 0 bridgehead atoms. The van der Waals surface area contributed by atoms with Gasteiger partial charge in [-0.2, -0.15) is 0 Å². The molecule has 4 N–H and O–H groups in total. The number of ether oxygens (including phenoxy) is 5. The number of nitrogens with one attached hydrogen (secondary N) is 2. The molecule has 6 rings (SSSR count). The maximum Gasteiger partial charge on any atom is 0.374 e. The summed E-state index contributed by atoms with van der Waals surface area (Å²) in [6, 6.07) is 27.4. The lowest BCUT2D eigenvalue weighted by molar-refractivity contribution is -0.275. The van der Waals surface area contributed by atoms with Crippen molar-refractivity contribution in [3.05, 3.63) is 126 Å². The molecule has 2 heterocycles. The van der Waals surface area contributed by atoms with Gasteiger partial charge >= 0.3 is 5.97 Å². The molecule has 3 aromatic carbocycles. The van der Waals surface area contributed by atoms with E-state index in [1.54, 1.807) is 13.1 Å². The molecule has 7 unspecified atom stereocenters. The van der Waals surface area contributed by atoms with Crippen LogP contribution in [0.1, 0.15) is 71.7 Å². The molecule has 5 aromatic rings. The lowest BCUT2D eigenvalue weighted by Crippen LogP contribution is -2.67. The van der Waals surface area contributed by atoms with Gasteiger partial charge in [0.15, 0.2) is 6.10 Å². The third-order valence-electron chi connectivity index (χ3n) is 9.46. The van der Waals surface area contributed by atoms with Gasteiger partial charge in [0.1, 0.15) is 30.5 Å². The first-order valence-corrected chi connectivity index (χ1v) is 18.1. The molecule has 0 radical (unpaired) electrons. The summed E-state index contributed by atoms with van der Waals surface area (Å²) in [5.74, 6) is -0.683. The summed E-state index contributed by atoms with van der Waals surface area (Å²) in [5.41, 5.74) is 4.37. The van der Waals surface area contributed by atoms with Crippen LogP contribution in [0, 0.1) is 6.92 Å². The van der Waals surface area contributed by atoms with Crippen LogP contribution >= 0.6 is 0 Å². The van der Waals surface area contributed by atoms with Crippen molar-refractivity contribution in [2.75, 3.05) is 13.2 Å². The number of aliphatic hydroxyl groups excluding tert-OH is 2. The normalized spacial score (nSPS) is 22.4. The molecule has 0 aliphatic heterocycles. The molecule has 11 nitrogen and oxygen atoms in total. The smallest absolute Gasteiger partial charge is 0.374 e. The molecule has 0 spiro atoms. The monoisotopic (exact) mass is 711 g/mol. The summed E-state index contributed by atoms with van der Waals surface area (Å²) in [6.45, 7) is 4.57. The van der Waals surface area contributed by atoms with Crippen LogP contribution in [0.4, 0.5) is 0 Å². The highest BCUT2D eigenvalue weighted by Gasteiger charge is 2.55. The van der Waals surface area contributed by atoms with E-state index < -0.39 is 48.7 Å². The molecule has 276 valence electrons. The number of aryl methyl sites for hydroxylation is 1. The second-order valence-corrected chi connectivity index (χ2v) is 13.3. The molecule has 7 atom stereocenters. The van der Waals surface area contributed by atoms with Crippen LogP contribution in [0.3, 0.4) is 0 Å². The number of aromatic amines is 2. The van der Waals surface area contributed by atoms with Gasteiger partial charge in [0, 0.05) is 47.8 Å². The van der Waals surface area contributed by atoms with Crippen LogP contribution in [-0.2, 0) is 36.9 Å². The van der Waals surface area contributed by atoms with Crippen molar-refractivity contribution in [3.63, 3.8) is 0 Å². The first-order chi connectivity index (χ1) is 25.4. The Bertz CT molecular complexity index is 1810. The summed E-state index contributed by atoms with van der Waals surface area (Å²) in [7, 11) is 0. The number of hydrogen-bond donors (Lipinski definition) is 4. The number of nitrogens with zero attached hydrogens (tertiary/aromatic N) is 1. The number of aromatic nitrogens is 3. The largest absolute Gasteiger partial charge is 0.451 e. The highest BCUT2D eigenvalue weighted by atomic mass is 16.6. The Morgan fingerprint density at radius 3 is 2.08 bits per heavy atom. The molecule has 0 amide bonds. The van der Waals surface area contributed by atoms with Gasteiger partial charge in [-0.05, 0) is 43.9 Å². The number of esters is 1. The van der Waals surface area contributed by atoms with Crippen molar-refractivity contribution >= 4 is 16.9 Å². The number of H-pyrrole nitrogens is 2. The quantitative estimate of drug-likeness (QED) is 0.0603. The molecular formula is C41H49N3O8. The average Bonchev–Trinajstić information content (AvgIpc) is 3.81. The van der Waals surface area contributed by atoms with Crippen LogP contribution < -0.4 is 0 Å². The topological polar surface area (TPSA) is 148 Å². The second kappa shape index (κ2) is 18.4. The molecule has 11 heteroatoms. The lowest BCUT2D eigenvalue weighted by Gasteiger charge is -2.48. The van der Waals surface area contributed by atoms with Crippen molar-refractivity contribution in [2.45, 2.75) is 95.5 Å². The SMILES string of the molecule is Cc1cnc(C(=O)OC2C(OC(C)c3c[nH]c4ccccc34)C(O)C(OCCCCCCO)C(OCc3ccccc3)C2OCc2ccccc2)[nH]1. The number of rotatable bonds is 18. The van der Waals surface area contributed by atoms with Gasteiger partial charge < -0.3 is 43.9 Å². The van der Waals surface area contributed by atoms with Crippen molar-refractivity contribution in [1.82, 2.24) is 15.0 Å². The van der Waals surface area contributed by atoms with Crippen LogP contribution in [-0.4, -0.2) is 81.0 Å². The van der Waals surface area contributed by atoms with Gasteiger partial charge in [0.2, 0.25) is 5.82 Å². The predicted octanol–water partition coefficient (Wildman–Crippen LogP) is 6.35. The zero-order chi connectivity index (χ0) is 36.3. The van der Waals surface area contributed by atoms with Crippen LogP contribution in [0.5, 0.6) is 0 Å². The summed E-state index contributed by atoms with van der Waals surface area (Å²) in [5, 5.41) is 22.5. The summed E-state index contributed by atoms with van der Waals surface area (Å²) in [4.78, 5) is 24.2. The number of carbonyl (C=O) groups excluding carboxylic acids is 1. The summed E-state index contributed by atoms with van der Waals surface area (Å²) >= 11 is 0. The van der Waals surface area contributed by atoms with E-state index in [9.17, 15) is 15.0 Å². The Kier molecular flexibility index (Phi) is 13.2.